The van der Waals surface area contributed by atoms with Crippen LogP contribution in [0.2, 0.25) is 10.0 Å². The smallest absolute Gasteiger partial charge is 0.254 e. The number of nitrogens with zero attached hydrogens (tertiary/aromatic N) is 4. The fourth-order valence-corrected chi connectivity index (χ4v) is 3.64. The van der Waals surface area contributed by atoms with Gasteiger partial charge < -0.3 is 10.1 Å². The summed E-state index contributed by atoms with van der Waals surface area (Å²) in [4.78, 5) is 8.58. The molecule has 4 rings (SSSR count). The van der Waals surface area contributed by atoms with Crippen LogP contribution >= 0.6 is 23.2 Å². The van der Waals surface area contributed by atoms with Crippen LogP contribution in [0.25, 0.3) is 5.78 Å². The van der Waals surface area contributed by atoms with E-state index in [0.29, 0.717) is 29.0 Å². The first-order chi connectivity index (χ1) is 14.5. The topological polar surface area (TPSA) is 64.3 Å². The largest absolute Gasteiger partial charge is 0.492 e. The van der Waals surface area contributed by atoms with E-state index in [1.54, 1.807) is 10.6 Å². The summed E-state index contributed by atoms with van der Waals surface area (Å²) >= 11 is 12.2. The van der Waals surface area contributed by atoms with Gasteiger partial charge in [-0.05, 0) is 55.7 Å². The van der Waals surface area contributed by atoms with Gasteiger partial charge in [-0.25, -0.2) is 4.98 Å². The van der Waals surface area contributed by atoms with Gasteiger partial charge in [-0.15, -0.1) is 0 Å². The minimum absolute atomic E-state index is 0.513. The summed E-state index contributed by atoms with van der Waals surface area (Å²) in [5, 5.41) is 8.93. The minimum atomic E-state index is 0.513. The van der Waals surface area contributed by atoms with E-state index in [1.165, 1.54) is 6.33 Å². The number of fused-ring (bicyclic) bond motifs is 1. The summed E-state index contributed by atoms with van der Waals surface area (Å²) in [6.45, 7) is 5.11. The summed E-state index contributed by atoms with van der Waals surface area (Å²) in [6.07, 6.45) is 2.24. The Morgan fingerprint density at radius 1 is 1.07 bits per heavy atom. The molecule has 0 spiro atoms. The van der Waals surface area contributed by atoms with E-state index in [4.69, 9.17) is 27.9 Å². The van der Waals surface area contributed by atoms with Crippen molar-refractivity contribution in [3.05, 3.63) is 81.2 Å². The first kappa shape index (κ1) is 20.4. The maximum Gasteiger partial charge on any atom is 0.254 e. The molecule has 2 aromatic carbocycles. The fourth-order valence-electron chi connectivity index (χ4n) is 3.17. The van der Waals surface area contributed by atoms with Gasteiger partial charge >= 0.3 is 0 Å². The number of hydrogen-bond acceptors (Lipinski definition) is 5. The molecule has 30 heavy (non-hydrogen) atoms. The molecule has 0 aliphatic heterocycles. The first-order valence-electron chi connectivity index (χ1n) is 9.58. The molecular weight excluding hydrogens is 421 g/mol. The van der Waals surface area contributed by atoms with Crippen LogP contribution in [-0.2, 0) is 6.42 Å². The molecule has 1 N–H and O–H groups in total. The highest BCUT2D eigenvalue weighted by Gasteiger charge is 2.10. The second kappa shape index (κ2) is 8.90. The monoisotopic (exact) mass is 441 g/mol. The Kier molecular flexibility index (Phi) is 6.06. The highest BCUT2D eigenvalue weighted by Crippen LogP contribution is 2.24. The molecule has 2 heterocycles. The fraction of sp³-hybridized carbons (Fsp3) is 0.227. The van der Waals surface area contributed by atoms with E-state index in [-0.39, 0.29) is 0 Å². The number of nitrogens with one attached hydrogen (secondary N) is 1. The lowest BCUT2D eigenvalue weighted by Gasteiger charge is -2.13. The maximum absolute atomic E-state index is 6.27. The van der Waals surface area contributed by atoms with E-state index < -0.39 is 0 Å². The van der Waals surface area contributed by atoms with Gasteiger partial charge in [0.05, 0.1) is 6.54 Å². The zero-order valence-electron chi connectivity index (χ0n) is 16.7. The number of anilines is 1. The number of rotatable bonds is 7. The molecule has 0 radical (unpaired) electrons. The molecule has 8 heteroatoms. The van der Waals surface area contributed by atoms with Crippen molar-refractivity contribution < 1.29 is 4.74 Å². The highest BCUT2D eigenvalue weighted by molar-refractivity contribution is 6.35. The molecule has 0 bridgehead atoms. The predicted molar refractivity (Wildman–Crippen MR) is 120 cm³/mol. The predicted octanol–water partition coefficient (Wildman–Crippen LogP) is 5.13. The lowest BCUT2D eigenvalue weighted by atomic mass is 10.1. The molecule has 0 unspecified atom stereocenters. The number of ether oxygens (including phenoxy) is 1. The van der Waals surface area contributed by atoms with Gasteiger partial charge in [0.15, 0.2) is 0 Å². The zero-order chi connectivity index (χ0) is 21.1. The van der Waals surface area contributed by atoms with Gasteiger partial charge in [-0.1, -0.05) is 41.4 Å². The second-order valence-electron chi connectivity index (χ2n) is 6.97. The maximum atomic E-state index is 6.27. The van der Waals surface area contributed by atoms with Crippen LogP contribution in [0.15, 0.2) is 48.8 Å². The van der Waals surface area contributed by atoms with Gasteiger partial charge in [0, 0.05) is 21.3 Å². The van der Waals surface area contributed by atoms with E-state index in [9.17, 15) is 0 Å². The van der Waals surface area contributed by atoms with E-state index >= 15 is 0 Å². The molecule has 4 aromatic rings. The Morgan fingerprint density at radius 2 is 1.87 bits per heavy atom. The van der Waals surface area contributed by atoms with E-state index in [1.807, 2.05) is 50.2 Å². The summed E-state index contributed by atoms with van der Waals surface area (Å²) in [7, 11) is 0. The van der Waals surface area contributed by atoms with Crippen molar-refractivity contribution in [2.24, 2.45) is 0 Å². The van der Waals surface area contributed by atoms with Crippen LogP contribution in [0, 0.1) is 13.8 Å². The van der Waals surface area contributed by atoms with Crippen LogP contribution in [0.4, 0.5) is 5.82 Å². The van der Waals surface area contributed by atoms with Gasteiger partial charge in [0.25, 0.3) is 5.78 Å². The van der Waals surface area contributed by atoms with Gasteiger partial charge in [0.2, 0.25) is 0 Å². The summed E-state index contributed by atoms with van der Waals surface area (Å²) < 4.78 is 7.58. The van der Waals surface area contributed by atoms with Crippen LogP contribution in [0.5, 0.6) is 5.75 Å². The minimum Gasteiger partial charge on any atom is -0.492 e. The van der Waals surface area contributed by atoms with E-state index in [2.05, 4.69) is 20.4 Å². The molecule has 0 saturated heterocycles. The number of aryl methyl sites for hydroxylation is 1. The molecule has 0 saturated carbocycles. The standard InChI is InChI=1S/C22H21Cl2N5O/c1-14-15(2)28-22-26-13-27-29(22)21(14)25-9-10-30-19-7-3-16(4-8-19)11-17-5-6-18(23)12-20(17)24/h3-8,12-13,25H,9-11H2,1-2H3. The first-order valence-corrected chi connectivity index (χ1v) is 10.3. The molecular formula is C22H21Cl2N5O. The average molecular weight is 442 g/mol. The Bertz CT molecular complexity index is 1170. The lowest BCUT2D eigenvalue weighted by molar-refractivity contribution is 0.332. The summed E-state index contributed by atoms with van der Waals surface area (Å²) in [5.41, 5.74) is 4.16. The molecule has 0 aliphatic rings. The summed E-state index contributed by atoms with van der Waals surface area (Å²) in [6, 6.07) is 13.6. The van der Waals surface area contributed by atoms with Crippen LogP contribution in [0.3, 0.4) is 0 Å². The Balaban J connectivity index is 1.33. The van der Waals surface area contributed by atoms with Crippen molar-refractivity contribution in [2.75, 3.05) is 18.5 Å². The molecule has 0 fully saturated rings. The van der Waals surface area contributed by atoms with Crippen molar-refractivity contribution in [1.82, 2.24) is 19.6 Å². The normalized spacial score (nSPS) is 11.1. The Hall–Kier alpha value is -2.83. The SMILES string of the molecule is Cc1nc2ncnn2c(NCCOc2ccc(Cc3ccc(Cl)cc3Cl)cc2)c1C. The lowest BCUT2D eigenvalue weighted by Crippen LogP contribution is -2.16. The van der Waals surface area contributed by atoms with Crippen molar-refractivity contribution in [1.29, 1.82) is 0 Å². The van der Waals surface area contributed by atoms with E-state index in [0.717, 1.165) is 40.4 Å². The Morgan fingerprint density at radius 3 is 2.63 bits per heavy atom. The number of aromatic nitrogens is 4. The van der Waals surface area contributed by atoms with Gasteiger partial charge in [-0.2, -0.15) is 14.6 Å². The molecule has 2 aromatic heterocycles. The quantitative estimate of drug-likeness (QED) is 0.402. The molecule has 6 nitrogen and oxygen atoms in total. The van der Waals surface area contributed by atoms with Crippen molar-refractivity contribution in [3.63, 3.8) is 0 Å². The average Bonchev–Trinajstić information content (AvgIpc) is 3.19. The molecule has 154 valence electrons. The third-order valence-corrected chi connectivity index (χ3v) is 5.49. The molecule has 0 aliphatic carbocycles. The van der Waals surface area contributed by atoms with Crippen molar-refractivity contribution in [3.8, 4) is 5.75 Å². The van der Waals surface area contributed by atoms with Gasteiger partial charge in [0.1, 0.15) is 24.5 Å². The Labute approximate surface area is 184 Å². The number of hydrogen-bond donors (Lipinski definition) is 1. The van der Waals surface area contributed by atoms with Gasteiger partial charge in [-0.3, -0.25) is 0 Å². The summed E-state index contributed by atoms with van der Waals surface area (Å²) in [5.74, 6) is 2.28. The molecule has 0 atom stereocenters. The van der Waals surface area contributed by atoms with Crippen molar-refractivity contribution >= 4 is 34.8 Å². The van der Waals surface area contributed by atoms with Crippen LogP contribution in [0.1, 0.15) is 22.4 Å². The molecule has 0 amide bonds. The second-order valence-corrected chi connectivity index (χ2v) is 7.82. The zero-order valence-corrected chi connectivity index (χ0v) is 18.2. The third kappa shape index (κ3) is 4.50. The van der Waals surface area contributed by atoms with Crippen molar-refractivity contribution in [2.45, 2.75) is 20.3 Å². The van der Waals surface area contributed by atoms with Crippen LogP contribution in [-0.4, -0.2) is 32.7 Å². The highest BCUT2D eigenvalue weighted by atomic mass is 35.5. The third-order valence-electron chi connectivity index (χ3n) is 4.90. The van der Waals surface area contributed by atoms with Crippen LogP contribution < -0.4 is 10.1 Å². The number of halogens is 2. The number of benzene rings is 2.